The molecular weight excluding hydrogens is 444 g/mol. The maximum Gasteiger partial charge on any atom is 0.192 e. The quantitative estimate of drug-likeness (QED) is 0.174. The Bertz CT molecular complexity index is 1360. The van der Waals surface area contributed by atoms with Crippen LogP contribution >= 0.6 is 23.4 Å². The van der Waals surface area contributed by atoms with Crippen molar-refractivity contribution in [3.8, 4) is 17.5 Å². The van der Waals surface area contributed by atoms with Crippen molar-refractivity contribution in [1.29, 1.82) is 5.26 Å². The number of halogens is 1. The molecule has 7 nitrogen and oxygen atoms in total. The number of fused-ring (bicyclic) bond motifs is 1. The van der Waals surface area contributed by atoms with Crippen molar-refractivity contribution in [2.24, 2.45) is 7.05 Å². The Morgan fingerprint density at radius 1 is 1.22 bits per heavy atom. The molecule has 2 heterocycles. The summed E-state index contributed by atoms with van der Waals surface area (Å²) in [6, 6.07) is 17.0. The van der Waals surface area contributed by atoms with Crippen molar-refractivity contribution < 1.29 is 5.11 Å². The molecule has 0 unspecified atom stereocenters. The fraction of sp³-hybridized carbons (Fsp3) is 0.130. The highest BCUT2D eigenvalue weighted by Crippen LogP contribution is 2.28. The molecule has 160 valence electrons. The lowest BCUT2D eigenvalue weighted by Crippen LogP contribution is -2.03. The van der Waals surface area contributed by atoms with Crippen molar-refractivity contribution in [1.82, 2.24) is 24.3 Å². The number of benzene rings is 2. The summed E-state index contributed by atoms with van der Waals surface area (Å²) in [5, 5.41) is 30.3. The molecule has 4 rings (SSSR count). The van der Waals surface area contributed by atoms with Crippen LogP contribution in [0.3, 0.4) is 0 Å². The number of hydrogen-bond donors (Lipinski definition) is 1. The van der Waals surface area contributed by atoms with Crippen LogP contribution in [0.2, 0.25) is 5.02 Å². The number of thioether (sulfide) groups is 1. The van der Waals surface area contributed by atoms with E-state index in [9.17, 15) is 10.4 Å². The summed E-state index contributed by atoms with van der Waals surface area (Å²) in [6.07, 6.45) is 1.75. The van der Waals surface area contributed by atoms with Crippen LogP contribution in [0, 0.1) is 11.3 Å². The summed E-state index contributed by atoms with van der Waals surface area (Å²) in [4.78, 5) is 4.51. The van der Waals surface area contributed by atoms with Gasteiger partial charge in [-0.25, -0.2) is 4.98 Å². The molecule has 0 aliphatic heterocycles. The van der Waals surface area contributed by atoms with E-state index in [1.165, 1.54) is 11.8 Å². The van der Waals surface area contributed by atoms with Gasteiger partial charge >= 0.3 is 0 Å². The predicted molar refractivity (Wildman–Crippen MR) is 127 cm³/mol. The van der Waals surface area contributed by atoms with Crippen molar-refractivity contribution >= 4 is 40.0 Å². The van der Waals surface area contributed by atoms with Gasteiger partial charge in [0.2, 0.25) is 0 Å². The molecule has 0 bridgehead atoms. The van der Waals surface area contributed by atoms with Crippen LogP contribution in [0.1, 0.15) is 5.82 Å². The zero-order valence-electron chi connectivity index (χ0n) is 17.2. The summed E-state index contributed by atoms with van der Waals surface area (Å²) in [5.41, 5.74) is 2.64. The van der Waals surface area contributed by atoms with E-state index >= 15 is 0 Å². The molecular formula is C23H19ClN6OS. The average Bonchev–Trinajstić information content (AvgIpc) is 3.35. The molecule has 1 N–H and O–H groups in total. The molecule has 0 amide bonds. The molecule has 9 heteroatoms. The molecule has 0 saturated heterocycles. The number of allylic oxidation sites excluding steroid dienone is 2. The average molecular weight is 463 g/mol. The monoisotopic (exact) mass is 462 g/mol. The van der Waals surface area contributed by atoms with Crippen molar-refractivity contribution in [2.75, 3.05) is 5.75 Å². The largest absolute Gasteiger partial charge is 0.510 e. The first-order valence-electron chi connectivity index (χ1n) is 9.70. The molecule has 0 radical (unpaired) electrons. The second-order valence-corrected chi connectivity index (χ2v) is 8.30. The van der Waals surface area contributed by atoms with E-state index in [0.29, 0.717) is 28.4 Å². The number of nitriles is 1. The van der Waals surface area contributed by atoms with Gasteiger partial charge in [-0.05, 0) is 36.4 Å². The Morgan fingerprint density at radius 2 is 1.97 bits per heavy atom. The van der Waals surface area contributed by atoms with Crippen molar-refractivity contribution in [3.63, 3.8) is 0 Å². The van der Waals surface area contributed by atoms with Crippen LogP contribution < -0.4 is 0 Å². The minimum Gasteiger partial charge on any atom is -0.510 e. The lowest BCUT2D eigenvalue weighted by atomic mass is 10.2. The van der Waals surface area contributed by atoms with E-state index < -0.39 is 0 Å². The summed E-state index contributed by atoms with van der Waals surface area (Å²) in [5.74, 6) is 1.16. The highest BCUT2D eigenvalue weighted by Gasteiger charge is 2.19. The standard InChI is InChI=1S/C23H19ClN6OS/c1-3-12-30-21(15-8-10-16(24)11-9-15)27-28-23(30)32-14-20(31)17(13-25)22-26-18-6-4-5-7-19(18)29(22)2/h3-11,31H,1,12,14H2,2H3/b20-17-. The number of aromatic nitrogens is 5. The molecule has 4 aromatic rings. The van der Waals surface area contributed by atoms with Gasteiger partial charge in [-0.1, -0.05) is 41.6 Å². The van der Waals surface area contributed by atoms with Crippen LogP contribution in [0.5, 0.6) is 0 Å². The second kappa shape index (κ2) is 9.30. The van der Waals surface area contributed by atoms with Crippen LogP contribution in [0.4, 0.5) is 0 Å². The van der Waals surface area contributed by atoms with Crippen LogP contribution in [0.25, 0.3) is 28.0 Å². The first-order chi connectivity index (χ1) is 15.5. The van der Waals surface area contributed by atoms with E-state index in [1.54, 1.807) is 22.8 Å². The van der Waals surface area contributed by atoms with Gasteiger partial charge in [0.25, 0.3) is 0 Å². The summed E-state index contributed by atoms with van der Waals surface area (Å²) < 4.78 is 3.70. The van der Waals surface area contributed by atoms with E-state index in [1.807, 2.05) is 48.0 Å². The smallest absolute Gasteiger partial charge is 0.192 e. The third-order valence-corrected chi connectivity index (χ3v) is 6.11. The highest BCUT2D eigenvalue weighted by atomic mass is 35.5. The van der Waals surface area contributed by atoms with E-state index in [0.717, 1.165) is 16.6 Å². The number of aliphatic hydroxyl groups excluding tert-OH is 1. The third-order valence-electron chi connectivity index (χ3n) is 4.88. The predicted octanol–water partition coefficient (Wildman–Crippen LogP) is 5.26. The molecule has 32 heavy (non-hydrogen) atoms. The molecule has 0 aliphatic rings. The Hall–Kier alpha value is -3.54. The second-order valence-electron chi connectivity index (χ2n) is 6.92. The molecule has 2 aromatic carbocycles. The molecule has 0 aliphatic carbocycles. The number of hydrogen-bond acceptors (Lipinski definition) is 6. The maximum absolute atomic E-state index is 10.7. The lowest BCUT2D eigenvalue weighted by Gasteiger charge is -2.08. The number of para-hydroxylation sites is 2. The number of imidazole rings is 1. The number of aliphatic hydroxyl groups is 1. The van der Waals surface area contributed by atoms with Crippen molar-refractivity contribution in [3.05, 3.63) is 77.8 Å². The fourth-order valence-corrected chi connectivity index (χ4v) is 4.27. The Balaban J connectivity index is 1.64. The van der Waals surface area contributed by atoms with Crippen LogP contribution in [-0.4, -0.2) is 35.2 Å². The zero-order chi connectivity index (χ0) is 22.7. The SMILES string of the molecule is C=CCn1c(SC/C(O)=C(\C#N)c2nc3ccccc3n2C)nnc1-c1ccc(Cl)cc1. The topological polar surface area (TPSA) is 92.6 Å². The van der Waals surface area contributed by atoms with Crippen LogP contribution in [0.15, 0.2) is 72.1 Å². The number of aryl methyl sites for hydroxylation is 1. The van der Waals surface area contributed by atoms with Gasteiger partial charge in [-0.15, -0.1) is 16.8 Å². The highest BCUT2D eigenvalue weighted by molar-refractivity contribution is 7.99. The molecule has 0 atom stereocenters. The minimum atomic E-state index is -0.0721. The molecule has 2 aromatic heterocycles. The van der Waals surface area contributed by atoms with Crippen LogP contribution in [-0.2, 0) is 13.6 Å². The van der Waals surface area contributed by atoms with E-state index in [2.05, 4.69) is 27.8 Å². The molecule has 0 spiro atoms. The summed E-state index contributed by atoms with van der Waals surface area (Å²) >= 11 is 7.28. The third kappa shape index (κ3) is 4.13. The fourth-order valence-electron chi connectivity index (χ4n) is 3.32. The van der Waals surface area contributed by atoms with E-state index in [-0.39, 0.29) is 17.1 Å². The van der Waals surface area contributed by atoms with Gasteiger partial charge in [-0.2, -0.15) is 5.26 Å². The molecule has 0 fully saturated rings. The summed E-state index contributed by atoms with van der Waals surface area (Å²) in [7, 11) is 1.82. The normalized spacial score (nSPS) is 11.9. The Labute approximate surface area is 194 Å². The maximum atomic E-state index is 10.7. The number of rotatable bonds is 7. The summed E-state index contributed by atoms with van der Waals surface area (Å²) in [6.45, 7) is 4.31. The van der Waals surface area contributed by atoms with Gasteiger partial charge in [0.05, 0.1) is 16.8 Å². The van der Waals surface area contributed by atoms with Gasteiger partial charge < -0.3 is 9.67 Å². The Morgan fingerprint density at radius 3 is 2.66 bits per heavy atom. The van der Waals surface area contributed by atoms with Crippen molar-refractivity contribution in [2.45, 2.75) is 11.7 Å². The first kappa shape index (κ1) is 21.7. The minimum absolute atomic E-state index is 0.0721. The van der Waals surface area contributed by atoms with Gasteiger partial charge in [-0.3, -0.25) is 4.57 Å². The van der Waals surface area contributed by atoms with E-state index in [4.69, 9.17) is 11.6 Å². The molecule has 0 saturated carbocycles. The van der Waals surface area contributed by atoms with Gasteiger partial charge in [0.1, 0.15) is 17.4 Å². The van der Waals surface area contributed by atoms with Gasteiger partial charge in [0.15, 0.2) is 16.8 Å². The first-order valence-corrected chi connectivity index (χ1v) is 11.1. The Kier molecular flexibility index (Phi) is 6.30. The van der Waals surface area contributed by atoms with Gasteiger partial charge in [0, 0.05) is 24.2 Å². The lowest BCUT2D eigenvalue weighted by molar-refractivity contribution is 0.420. The number of nitrogens with zero attached hydrogens (tertiary/aromatic N) is 6. The zero-order valence-corrected chi connectivity index (χ0v) is 18.8.